The van der Waals surface area contributed by atoms with E-state index in [9.17, 15) is 19.2 Å². The monoisotopic (exact) mass is 862 g/mol. The third-order valence-corrected chi connectivity index (χ3v) is 12.7. The number of carbonyl (C=O) groups excluding carboxylic acids is 4. The van der Waals surface area contributed by atoms with Gasteiger partial charge in [0.25, 0.3) is 23.6 Å². The Hall–Kier alpha value is -5.78. The Kier molecular flexibility index (Phi) is 7.91. The molecule has 4 heterocycles. The topological polar surface area (TPSA) is 112 Å². The minimum atomic E-state index is -0.628. The highest BCUT2D eigenvalue weighted by atomic mass is 35.5. The van der Waals surface area contributed by atoms with Gasteiger partial charge in [-0.15, -0.1) is 6.58 Å². The first-order chi connectivity index (χ1) is 28.4. The Morgan fingerprint density at radius 1 is 0.492 bits per heavy atom. The van der Waals surface area contributed by atoms with Crippen LogP contribution >= 0.6 is 46.4 Å². The molecule has 0 radical (unpaired) electrons. The summed E-state index contributed by atoms with van der Waals surface area (Å²) in [5.74, 6) is -0.652. The average molecular weight is 865 g/mol. The van der Waals surface area contributed by atoms with Crippen LogP contribution in [0.2, 0.25) is 20.1 Å². The summed E-state index contributed by atoms with van der Waals surface area (Å²) >= 11 is 28.8. The third kappa shape index (κ3) is 5.00. The van der Waals surface area contributed by atoms with E-state index in [1.165, 1.54) is 24.3 Å². The Balaban J connectivity index is 1.11. The summed E-state index contributed by atoms with van der Waals surface area (Å²) in [4.78, 5) is 60.2. The SMILES string of the molecule is C=CC1COc2ccc(N3C(=O)c4cc(Cl)c5c6c(Cl)cc7c8c(cc(Cl)c(c9c(Cl)cc(c4c59)C3=O)c86)C(=O)N(c3ccc4c(c3)OCC(C)CO4)C7=O)cc2OC1. The largest absolute Gasteiger partial charge is 0.489 e. The van der Waals surface area contributed by atoms with Crippen molar-refractivity contribution >= 4 is 124 Å². The molecule has 0 fully saturated rings. The zero-order chi connectivity index (χ0) is 40.8. The second-order valence-electron chi connectivity index (χ2n) is 15.1. The van der Waals surface area contributed by atoms with Crippen molar-refractivity contribution in [2.75, 3.05) is 36.2 Å². The number of nitrogens with zero attached hydrogens (tertiary/aromatic N) is 2. The van der Waals surface area contributed by atoms with E-state index in [1.807, 2.05) is 6.92 Å². The number of imide groups is 2. The van der Waals surface area contributed by atoms with Crippen molar-refractivity contribution in [1.82, 2.24) is 0 Å². The van der Waals surface area contributed by atoms with Crippen molar-refractivity contribution in [2.24, 2.45) is 11.8 Å². The van der Waals surface area contributed by atoms with Crippen LogP contribution in [0, 0.1) is 11.8 Å². The molecule has 292 valence electrons. The van der Waals surface area contributed by atoms with E-state index in [0.717, 1.165) is 9.80 Å². The smallest absolute Gasteiger partial charge is 0.266 e. The molecule has 7 aromatic rings. The molecule has 7 aromatic carbocycles. The number of anilines is 2. The number of hydrogen-bond acceptors (Lipinski definition) is 8. The fourth-order valence-electron chi connectivity index (χ4n) is 8.75. The number of ether oxygens (including phenoxy) is 4. The first-order valence-corrected chi connectivity index (χ1v) is 20.1. The lowest BCUT2D eigenvalue weighted by Gasteiger charge is -2.31. The highest BCUT2D eigenvalue weighted by Gasteiger charge is 2.41. The van der Waals surface area contributed by atoms with Crippen LogP contribution in [-0.2, 0) is 0 Å². The van der Waals surface area contributed by atoms with Crippen LogP contribution < -0.4 is 28.7 Å². The van der Waals surface area contributed by atoms with E-state index in [2.05, 4.69) is 6.58 Å². The van der Waals surface area contributed by atoms with E-state index < -0.39 is 23.6 Å². The van der Waals surface area contributed by atoms with Gasteiger partial charge in [0.1, 0.15) is 0 Å². The number of benzene rings is 7. The molecule has 0 spiro atoms. The van der Waals surface area contributed by atoms with Crippen LogP contribution in [0.15, 0.2) is 73.3 Å². The first-order valence-electron chi connectivity index (χ1n) is 18.6. The molecule has 0 saturated carbocycles. The molecule has 11 rings (SSSR count). The van der Waals surface area contributed by atoms with Gasteiger partial charge >= 0.3 is 0 Å². The van der Waals surface area contributed by atoms with E-state index in [1.54, 1.807) is 42.5 Å². The molecule has 0 N–H and O–H groups in total. The predicted octanol–water partition coefficient (Wildman–Crippen LogP) is 10.9. The molecule has 0 saturated heterocycles. The molecule has 4 aliphatic heterocycles. The maximum Gasteiger partial charge on any atom is 0.266 e. The molecule has 0 aliphatic carbocycles. The van der Waals surface area contributed by atoms with Crippen molar-refractivity contribution in [1.29, 1.82) is 0 Å². The molecule has 2 atom stereocenters. The summed E-state index contributed by atoms with van der Waals surface area (Å²) in [6, 6.07) is 15.8. The molecule has 0 aromatic heterocycles. The van der Waals surface area contributed by atoms with Gasteiger partial charge < -0.3 is 18.9 Å². The molecular weight excluding hydrogens is 838 g/mol. The zero-order valence-corrected chi connectivity index (χ0v) is 33.7. The number of rotatable bonds is 3. The number of hydrogen-bond donors (Lipinski definition) is 0. The molecule has 2 unspecified atom stereocenters. The van der Waals surface area contributed by atoms with Crippen molar-refractivity contribution < 1.29 is 38.1 Å². The lowest BCUT2D eigenvalue weighted by Crippen LogP contribution is -2.40. The summed E-state index contributed by atoms with van der Waals surface area (Å²) in [6.45, 7) is 7.36. The van der Waals surface area contributed by atoms with Crippen molar-refractivity contribution in [3.05, 3.63) is 116 Å². The fourth-order valence-corrected chi connectivity index (χ4v) is 9.95. The highest BCUT2D eigenvalue weighted by Crippen LogP contribution is 2.54. The van der Waals surface area contributed by atoms with Gasteiger partial charge in [0.15, 0.2) is 23.0 Å². The van der Waals surface area contributed by atoms with Crippen LogP contribution in [0.25, 0.3) is 43.1 Å². The van der Waals surface area contributed by atoms with Crippen molar-refractivity contribution in [2.45, 2.75) is 6.92 Å². The lowest BCUT2D eigenvalue weighted by atomic mass is 9.82. The Morgan fingerprint density at radius 2 is 0.831 bits per heavy atom. The molecule has 10 nitrogen and oxygen atoms in total. The van der Waals surface area contributed by atoms with Gasteiger partial charge in [0.2, 0.25) is 0 Å². The van der Waals surface area contributed by atoms with Gasteiger partial charge in [-0.1, -0.05) is 59.4 Å². The molecule has 14 heteroatoms. The van der Waals surface area contributed by atoms with Gasteiger partial charge in [-0.05, 0) is 48.5 Å². The Labute approximate surface area is 354 Å². The quantitative estimate of drug-likeness (QED) is 0.0747. The molecule has 0 bridgehead atoms. The lowest BCUT2D eigenvalue weighted by molar-refractivity contribution is 0.0877. The second kappa shape index (κ2) is 12.9. The number of amides is 4. The summed E-state index contributed by atoms with van der Waals surface area (Å²) < 4.78 is 23.7. The molecule has 59 heavy (non-hydrogen) atoms. The molecule has 4 aliphatic rings. The normalized spacial score (nSPS) is 18.7. The van der Waals surface area contributed by atoms with Crippen LogP contribution in [-0.4, -0.2) is 50.1 Å². The van der Waals surface area contributed by atoms with Gasteiger partial charge in [-0.3, -0.25) is 19.2 Å². The van der Waals surface area contributed by atoms with E-state index in [-0.39, 0.29) is 65.6 Å². The maximum atomic E-state index is 14.5. The summed E-state index contributed by atoms with van der Waals surface area (Å²) in [5, 5.41) is 3.43. The van der Waals surface area contributed by atoms with Crippen molar-refractivity contribution in [3.63, 3.8) is 0 Å². The minimum absolute atomic E-state index is 0.0470. The first kappa shape index (κ1) is 36.3. The van der Waals surface area contributed by atoms with Crippen molar-refractivity contribution in [3.8, 4) is 23.0 Å². The highest BCUT2D eigenvalue weighted by molar-refractivity contribution is 6.57. The minimum Gasteiger partial charge on any atom is -0.489 e. The summed E-state index contributed by atoms with van der Waals surface area (Å²) in [7, 11) is 0. The van der Waals surface area contributed by atoms with Crippen LogP contribution in [0.4, 0.5) is 11.4 Å². The molecular formula is C45H26Cl4N2O8. The Bertz CT molecular complexity index is 3030. The van der Waals surface area contributed by atoms with Gasteiger partial charge in [0, 0.05) is 87.1 Å². The number of carbonyl (C=O) groups is 4. The van der Waals surface area contributed by atoms with E-state index in [0.29, 0.717) is 92.5 Å². The van der Waals surface area contributed by atoms with Gasteiger partial charge in [-0.25, -0.2) is 9.80 Å². The Morgan fingerprint density at radius 3 is 1.20 bits per heavy atom. The third-order valence-electron chi connectivity index (χ3n) is 11.5. The second-order valence-corrected chi connectivity index (χ2v) is 16.8. The standard InChI is InChI=1S/C45H26Cl4N2O8/c1-3-19-16-58-31-7-5-21(9-33(31)59-17-19)51-44(54)24-12-28(48)38-36-26(46)10-22-34-23(11-27(47)37(40(34)36)39-29(49)13-25(45(51)55)35(24)41(38)39)43(53)50(42(22)52)20-4-6-30-32(8-20)57-15-18(2)14-56-30/h3-13,18-19H,1,14-17H2,2H3. The maximum absolute atomic E-state index is 14.5. The predicted molar refractivity (Wildman–Crippen MR) is 228 cm³/mol. The number of halogens is 4. The van der Waals surface area contributed by atoms with Crippen LogP contribution in [0.3, 0.4) is 0 Å². The van der Waals surface area contributed by atoms with Gasteiger partial charge in [0.05, 0.1) is 60.1 Å². The molecule has 4 amide bonds. The van der Waals surface area contributed by atoms with Gasteiger partial charge in [-0.2, -0.15) is 0 Å². The van der Waals surface area contributed by atoms with Crippen LogP contribution in [0.5, 0.6) is 23.0 Å². The number of fused-ring (bicyclic) bond motifs is 4. The summed E-state index contributed by atoms with van der Waals surface area (Å²) in [6.07, 6.45) is 1.75. The average Bonchev–Trinajstić information content (AvgIpc) is 3.55. The van der Waals surface area contributed by atoms with E-state index >= 15 is 0 Å². The van der Waals surface area contributed by atoms with E-state index in [4.69, 9.17) is 65.4 Å². The summed E-state index contributed by atoms with van der Waals surface area (Å²) in [5.41, 5.74) is 1.12. The fraction of sp³-hybridized carbons (Fsp3) is 0.156. The van der Waals surface area contributed by atoms with Crippen LogP contribution in [0.1, 0.15) is 48.4 Å². The zero-order valence-electron chi connectivity index (χ0n) is 30.7.